The van der Waals surface area contributed by atoms with E-state index in [1.807, 2.05) is 93.6 Å². The average molecular weight is 513 g/mol. The lowest BCUT2D eigenvalue weighted by Crippen LogP contribution is -2.53. The van der Waals surface area contributed by atoms with Crippen LogP contribution in [0.2, 0.25) is 0 Å². The van der Waals surface area contributed by atoms with E-state index in [9.17, 15) is 9.59 Å². The highest BCUT2D eigenvalue weighted by Crippen LogP contribution is 2.22. The van der Waals surface area contributed by atoms with Crippen LogP contribution in [0, 0.1) is 20.8 Å². The normalized spacial score (nSPS) is 14.5. The average Bonchev–Trinajstić information content (AvgIpc) is 2.93. The number of aryl methyl sites for hydroxylation is 3. The fourth-order valence-electron chi connectivity index (χ4n) is 5.15. The van der Waals surface area contributed by atoms with Crippen LogP contribution in [0.15, 0.2) is 72.8 Å². The lowest BCUT2D eigenvalue weighted by atomic mass is 9.94. The predicted octanol–water partition coefficient (Wildman–Crippen LogP) is 6.08. The first-order valence-corrected chi connectivity index (χ1v) is 13.8. The summed E-state index contributed by atoms with van der Waals surface area (Å²) in [6.07, 6.45) is 5.90. The number of hydrogen-bond donors (Lipinski definition) is 1. The Morgan fingerprint density at radius 3 is 2.34 bits per heavy atom. The van der Waals surface area contributed by atoms with Gasteiger partial charge in [0.2, 0.25) is 5.91 Å². The summed E-state index contributed by atoms with van der Waals surface area (Å²) in [5.74, 6) is 0.406. The summed E-state index contributed by atoms with van der Waals surface area (Å²) in [6.45, 7) is 6.23. The van der Waals surface area contributed by atoms with Crippen molar-refractivity contribution in [3.05, 3.63) is 101 Å². The van der Waals surface area contributed by atoms with Crippen molar-refractivity contribution in [1.29, 1.82) is 0 Å². The molecule has 0 radical (unpaired) electrons. The molecule has 0 bridgehead atoms. The second-order valence-corrected chi connectivity index (χ2v) is 10.6. The van der Waals surface area contributed by atoms with Crippen LogP contribution in [0.5, 0.6) is 5.75 Å². The van der Waals surface area contributed by atoms with E-state index in [4.69, 9.17) is 4.74 Å². The van der Waals surface area contributed by atoms with Crippen LogP contribution in [-0.4, -0.2) is 35.4 Å². The highest BCUT2D eigenvalue weighted by atomic mass is 16.5. The maximum atomic E-state index is 13.9. The molecule has 3 aromatic carbocycles. The van der Waals surface area contributed by atoms with E-state index in [0.717, 1.165) is 53.5 Å². The molecule has 1 N–H and O–H groups in total. The van der Waals surface area contributed by atoms with Crippen LogP contribution in [0.1, 0.15) is 59.9 Å². The molecule has 0 aliphatic heterocycles. The summed E-state index contributed by atoms with van der Waals surface area (Å²) >= 11 is 0. The summed E-state index contributed by atoms with van der Waals surface area (Å²) in [4.78, 5) is 29.5. The number of hydrogen-bond acceptors (Lipinski definition) is 3. The topological polar surface area (TPSA) is 58.6 Å². The molecule has 0 aromatic heterocycles. The minimum absolute atomic E-state index is 0.0885. The van der Waals surface area contributed by atoms with Gasteiger partial charge in [-0.1, -0.05) is 86.0 Å². The minimum atomic E-state index is -0.645. The Hall–Kier alpha value is -3.60. The maximum absolute atomic E-state index is 13.9. The van der Waals surface area contributed by atoms with Gasteiger partial charge in [-0.15, -0.1) is 0 Å². The molecule has 38 heavy (non-hydrogen) atoms. The maximum Gasteiger partial charge on any atom is 0.261 e. The Morgan fingerprint density at radius 1 is 0.895 bits per heavy atom. The first-order valence-electron chi connectivity index (χ1n) is 13.8. The van der Waals surface area contributed by atoms with Crippen molar-refractivity contribution in [2.75, 3.05) is 6.61 Å². The minimum Gasteiger partial charge on any atom is -0.483 e. The van der Waals surface area contributed by atoms with Crippen LogP contribution < -0.4 is 10.1 Å². The van der Waals surface area contributed by atoms with Crippen LogP contribution in [0.3, 0.4) is 0 Å². The van der Waals surface area contributed by atoms with Gasteiger partial charge < -0.3 is 15.0 Å². The van der Waals surface area contributed by atoms with Gasteiger partial charge in [0.15, 0.2) is 6.61 Å². The quantitative estimate of drug-likeness (QED) is 0.358. The van der Waals surface area contributed by atoms with Crippen LogP contribution in [-0.2, 0) is 22.6 Å². The zero-order valence-electron chi connectivity index (χ0n) is 22.9. The number of benzene rings is 3. The van der Waals surface area contributed by atoms with Crippen molar-refractivity contribution in [3.63, 3.8) is 0 Å². The van der Waals surface area contributed by atoms with E-state index in [1.54, 1.807) is 4.90 Å². The third kappa shape index (κ3) is 7.47. The Balaban J connectivity index is 1.63. The van der Waals surface area contributed by atoms with Gasteiger partial charge in [0.25, 0.3) is 5.91 Å². The van der Waals surface area contributed by atoms with Crippen molar-refractivity contribution < 1.29 is 14.3 Å². The Kier molecular flexibility index (Phi) is 9.58. The lowest BCUT2D eigenvalue weighted by Gasteiger charge is -2.33. The number of rotatable bonds is 10. The Labute approximate surface area is 227 Å². The molecular formula is C33H40N2O3. The number of amides is 2. The van der Waals surface area contributed by atoms with Crippen LogP contribution in [0.25, 0.3) is 0 Å². The Morgan fingerprint density at radius 2 is 1.61 bits per heavy atom. The molecule has 1 fully saturated rings. The van der Waals surface area contributed by atoms with Gasteiger partial charge in [0.1, 0.15) is 11.8 Å². The molecule has 1 atom stereocenters. The van der Waals surface area contributed by atoms with Gasteiger partial charge >= 0.3 is 0 Å². The molecule has 1 unspecified atom stereocenters. The summed E-state index contributed by atoms with van der Waals surface area (Å²) < 4.78 is 6.04. The van der Waals surface area contributed by atoms with Gasteiger partial charge in [0, 0.05) is 19.0 Å². The number of carbonyl (C=O) groups is 2. The summed E-state index contributed by atoms with van der Waals surface area (Å²) in [6, 6.07) is 23.5. The highest BCUT2D eigenvalue weighted by molar-refractivity contribution is 5.88. The van der Waals surface area contributed by atoms with E-state index < -0.39 is 6.04 Å². The third-order valence-corrected chi connectivity index (χ3v) is 7.52. The monoisotopic (exact) mass is 512 g/mol. The fourth-order valence-corrected chi connectivity index (χ4v) is 5.15. The van der Waals surface area contributed by atoms with E-state index in [1.165, 1.54) is 6.42 Å². The number of nitrogens with one attached hydrogen (secondary N) is 1. The molecule has 1 aliphatic rings. The van der Waals surface area contributed by atoms with Gasteiger partial charge in [-0.3, -0.25) is 9.59 Å². The van der Waals surface area contributed by atoms with E-state index >= 15 is 0 Å². The molecule has 0 spiro atoms. The standard InChI is InChI=1S/C33H40N2O3/c1-24-18-19-26(3)31(20-24)38-23-32(36)35(22-28-15-11-10-12-25(28)2)30(21-27-13-6-4-7-14-27)33(37)34-29-16-8-5-9-17-29/h4,6-7,10-15,18-20,29-30H,5,8-9,16-17,21-23H2,1-3H3,(H,34,37). The predicted molar refractivity (Wildman–Crippen MR) is 152 cm³/mol. The lowest BCUT2D eigenvalue weighted by molar-refractivity contribution is -0.143. The molecule has 200 valence electrons. The number of carbonyl (C=O) groups excluding carboxylic acids is 2. The van der Waals surface area contributed by atoms with Gasteiger partial charge in [0.05, 0.1) is 0 Å². The first-order chi connectivity index (χ1) is 18.4. The molecule has 2 amide bonds. The molecule has 0 saturated heterocycles. The zero-order chi connectivity index (χ0) is 26.9. The van der Waals surface area contributed by atoms with E-state index in [2.05, 4.69) is 5.32 Å². The molecule has 5 nitrogen and oxygen atoms in total. The van der Waals surface area contributed by atoms with Crippen molar-refractivity contribution in [3.8, 4) is 5.75 Å². The smallest absolute Gasteiger partial charge is 0.261 e. The van der Waals surface area contributed by atoms with E-state index in [-0.39, 0.29) is 24.5 Å². The third-order valence-electron chi connectivity index (χ3n) is 7.52. The Bertz CT molecular complexity index is 1220. The largest absolute Gasteiger partial charge is 0.483 e. The SMILES string of the molecule is Cc1ccc(C)c(OCC(=O)N(Cc2ccccc2C)C(Cc2ccccc2)C(=O)NC2CCCCC2)c1. The fraction of sp³-hybridized carbons (Fsp3) is 0.394. The zero-order valence-corrected chi connectivity index (χ0v) is 22.9. The summed E-state index contributed by atoms with van der Waals surface area (Å²) in [7, 11) is 0. The molecular weight excluding hydrogens is 472 g/mol. The van der Waals surface area contributed by atoms with Crippen molar-refractivity contribution in [2.24, 2.45) is 0 Å². The first kappa shape index (κ1) is 27.4. The molecule has 0 heterocycles. The van der Waals surface area contributed by atoms with Crippen LogP contribution >= 0.6 is 0 Å². The number of ether oxygens (including phenoxy) is 1. The van der Waals surface area contributed by atoms with Crippen molar-refractivity contribution in [2.45, 2.75) is 77.9 Å². The second kappa shape index (κ2) is 13.3. The second-order valence-electron chi connectivity index (χ2n) is 10.6. The van der Waals surface area contributed by atoms with Crippen molar-refractivity contribution >= 4 is 11.8 Å². The molecule has 5 heteroatoms. The van der Waals surface area contributed by atoms with Gasteiger partial charge in [-0.25, -0.2) is 0 Å². The molecule has 3 aromatic rings. The number of nitrogens with zero attached hydrogens (tertiary/aromatic N) is 1. The van der Waals surface area contributed by atoms with Gasteiger partial charge in [-0.05, 0) is 67.5 Å². The van der Waals surface area contributed by atoms with Crippen molar-refractivity contribution in [1.82, 2.24) is 10.2 Å². The van der Waals surface area contributed by atoms with E-state index in [0.29, 0.717) is 18.7 Å². The molecule has 1 aliphatic carbocycles. The van der Waals surface area contributed by atoms with Crippen LogP contribution in [0.4, 0.5) is 0 Å². The molecule has 4 rings (SSSR count). The molecule has 1 saturated carbocycles. The highest BCUT2D eigenvalue weighted by Gasteiger charge is 2.32. The summed E-state index contributed by atoms with van der Waals surface area (Å²) in [5.41, 5.74) is 5.19. The van der Waals surface area contributed by atoms with Gasteiger partial charge in [-0.2, -0.15) is 0 Å². The summed E-state index contributed by atoms with van der Waals surface area (Å²) in [5, 5.41) is 3.29.